The Bertz CT molecular complexity index is 1570. The number of H-pyrrole nitrogens is 1. The Morgan fingerprint density at radius 2 is 1.85 bits per heavy atom. The summed E-state index contributed by atoms with van der Waals surface area (Å²) >= 11 is 0. The number of benzene rings is 2. The Labute approximate surface area is 221 Å². The minimum Gasteiger partial charge on any atom is -0.465 e. The van der Waals surface area contributed by atoms with Crippen molar-refractivity contribution in [2.45, 2.75) is 32.4 Å². The molecule has 39 heavy (non-hydrogen) atoms. The molecule has 2 amide bonds. The van der Waals surface area contributed by atoms with Gasteiger partial charge in [-0.1, -0.05) is 18.2 Å². The largest absolute Gasteiger partial charge is 0.465 e. The quantitative estimate of drug-likeness (QED) is 0.304. The molecule has 4 aromatic rings. The van der Waals surface area contributed by atoms with Crippen LogP contribution >= 0.6 is 0 Å². The molecule has 1 aliphatic carbocycles. The highest BCUT2D eigenvalue weighted by molar-refractivity contribution is 5.98. The Morgan fingerprint density at radius 3 is 2.56 bits per heavy atom. The number of nitrogens with zero attached hydrogens (tertiary/aromatic N) is 5. The molecule has 198 valence electrons. The number of amides is 2. The third kappa shape index (κ3) is 5.46. The summed E-state index contributed by atoms with van der Waals surface area (Å²) in [5.41, 5.74) is 3.27. The molecular weight excluding hydrogens is 507 g/mol. The Balaban J connectivity index is 1.37. The van der Waals surface area contributed by atoms with E-state index in [9.17, 15) is 18.8 Å². The van der Waals surface area contributed by atoms with E-state index in [0.717, 1.165) is 11.1 Å². The Kier molecular flexibility index (Phi) is 7.04. The predicted octanol–water partition coefficient (Wildman–Crippen LogP) is 2.24. The number of hydrogen-bond donors (Lipinski definition) is 3. The second-order valence-electron chi connectivity index (χ2n) is 8.93. The lowest BCUT2D eigenvalue weighted by molar-refractivity contribution is 0.0600. The van der Waals surface area contributed by atoms with E-state index in [-0.39, 0.29) is 41.4 Å². The lowest BCUT2D eigenvalue weighted by Crippen LogP contribution is -2.30. The van der Waals surface area contributed by atoms with Crippen molar-refractivity contribution in [1.29, 1.82) is 0 Å². The lowest BCUT2D eigenvalue weighted by atomic mass is 10.0. The van der Waals surface area contributed by atoms with Crippen LogP contribution in [-0.2, 0) is 17.7 Å². The van der Waals surface area contributed by atoms with Gasteiger partial charge in [0.05, 0.1) is 18.7 Å². The van der Waals surface area contributed by atoms with Crippen LogP contribution in [0.5, 0.6) is 0 Å². The number of nitrogens with one attached hydrogen (secondary N) is 3. The van der Waals surface area contributed by atoms with E-state index in [1.807, 2.05) is 0 Å². The van der Waals surface area contributed by atoms with Crippen molar-refractivity contribution in [2.24, 2.45) is 0 Å². The van der Waals surface area contributed by atoms with Crippen molar-refractivity contribution in [2.75, 3.05) is 7.11 Å². The first-order valence-corrected chi connectivity index (χ1v) is 12.0. The number of aromatic amines is 1. The molecule has 1 aliphatic rings. The van der Waals surface area contributed by atoms with E-state index in [4.69, 9.17) is 4.74 Å². The molecule has 0 saturated carbocycles. The third-order valence-electron chi connectivity index (χ3n) is 6.36. The highest BCUT2D eigenvalue weighted by atomic mass is 19.1. The maximum Gasteiger partial charge on any atom is 0.337 e. The van der Waals surface area contributed by atoms with Gasteiger partial charge in [-0.15, -0.1) is 10.2 Å². The summed E-state index contributed by atoms with van der Waals surface area (Å²) < 4.78 is 18.4. The Morgan fingerprint density at radius 1 is 1.05 bits per heavy atom. The highest BCUT2D eigenvalue weighted by Gasteiger charge is 2.27. The zero-order valence-corrected chi connectivity index (χ0v) is 21.0. The molecule has 2 heterocycles. The summed E-state index contributed by atoms with van der Waals surface area (Å²) in [6.07, 6.45) is 1.29. The molecule has 0 spiro atoms. The van der Waals surface area contributed by atoms with Gasteiger partial charge in [0, 0.05) is 12.6 Å². The molecule has 0 radical (unpaired) electrons. The van der Waals surface area contributed by atoms with Gasteiger partial charge in [-0.05, 0) is 65.4 Å². The lowest BCUT2D eigenvalue weighted by Gasteiger charge is -2.15. The van der Waals surface area contributed by atoms with Crippen LogP contribution in [0.1, 0.15) is 66.1 Å². The van der Waals surface area contributed by atoms with Gasteiger partial charge in [-0.2, -0.15) is 5.21 Å². The van der Waals surface area contributed by atoms with Gasteiger partial charge in [0.25, 0.3) is 11.8 Å². The molecule has 12 nitrogen and oxygen atoms in total. The van der Waals surface area contributed by atoms with Gasteiger partial charge >= 0.3 is 5.97 Å². The van der Waals surface area contributed by atoms with Crippen molar-refractivity contribution in [3.63, 3.8) is 0 Å². The topological polar surface area (TPSA) is 165 Å². The number of esters is 1. The smallest absolute Gasteiger partial charge is 0.337 e. The Hall–Kier alpha value is -5.07. The zero-order chi connectivity index (χ0) is 27.5. The van der Waals surface area contributed by atoms with Gasteiger partial charge in [-0.25, -0.2) is 19.2 Å². The van der Waals surface area contributed by atoms with Crippen molar-refractivity contribution >= 4 is 17.8 Å². The zero-order valence-electron chi connectivity index (χ0n) is 21.0. The number of rotatable bonds is 7. The first kappa shape index (κ1) is 25.6. The van der Waals surface area contributed by atoms with E-state index < -0.39 is 17.8 Å². The first-order valence-electron chi connectivity index (χ1n) is 12.0. The van der Waals surface area contributed by atoms with Crippen LogP contribution in [-0.4, -0.2) is 55.5 Å². The third-order valence-corrected chi connectivity index (χ3v) is 6.36. The van der Waals surface area contributed by atoms with Crippen molar-refractivity contribution in [1.82, 2.24) is 41.2 Å². The number of aromatic nitrogens is 6. The normalized spacial score (nSPS) is 14.0. The molecular formula is C26H23FN8O4. The number of fused-ring (bicyclic) bond motifs is 1. The fourth-order valence-electron chi connectivity index (χ4n) is 4.37. The molecule has 0 bridgehead atoms. The summed E-state index contributed by atoms with van der Waals surface area (Å²) in [5, 5.41) is 19.2. The van der Waals surface area contributed by atoms with Gasteiger partial charge < -0.3 is 15.4 Å². The number of methoxy groups -OCH3 is 1. The van der Waals surface area contributed by atoms with Gasteiger partial charge in [0.2, 0.25) is 11.6 Å². The molecule has 13 heteroatoms. The van der Waals surface area contributed by atoms with Gasteiger partial charge in [-0.3, -0.25) is 9.59 Å². The van der Waals surface area contributed by atoms with E-state index in [1.165, 1.54) is 19.2 Å². The average molecular weight is 531 g/mol. The number of halogens is 1. The highest BCUT2D eigenvalue weighted by Crippen LogP contribution is 2.32. The fraction of sp³-hybridized carbons (Fsp3) is 0.231. The fourth-order valence-corrected chi connectivity index (χ4v) is 4.37. The number of hydrogen-bond acceptors (Lipinski definition) is 9. The van der Waals surface area contributed by atoms with Crippen molar-refractivity contribution in [3.05, 3.63) is 87.5 Å². The van der Waals surface area contributed by atoms with Crippen LogP contribution in [0.2, 0.25) is 0 Å². The van der Waals surface area contributed by atoms with Crippen LogP contribution in [0.4, 0.5) is 4.39 Å². The number of tetrazole rings is 1. The van der Waals surface area contributed by atoms with E-state index in [1.54, 1.807) is 37.3 Å². The van der Waals surface area contributed by atoms with Crippen LogP contribution in [0.3, 0.4) is 0 Å². The predicted molar refractivity (Wildman–Crippen MR) is 134 cm³/mol. The summed E-state index contributed by atoms with van der Waals surface area (Å²) in [4.78, 5) is 46.6. The molecule has 0 saturated heterocycles. The molecule has 0 fully saturated rings. The minimum absolute atomic E-state index is 0.00871. The monoisotopic (exact) mass is 530 g/mol. The average Bonchev–Trinajstić information content (AvgIpc) is 3.63. The molecule has 0 aliphatic heterocycles. The molecule has 1 atom stereocenters. The number of carbonyl (C=O) groups excluding carboxylic acids is 3. The van der Waals surface area contributed by atoms with Gasteiger partial charge in [0.15, 0.2) is 0 Å². The summed E-state index contributed by atoms with van der Waals surface area (Å²) in [5.74, 6) is -1.92. The van der Waals surface area contributed by atoms with Crippen molar-refractivity contribution in [3.8, 4) is 11.6 Å². The summed E-state index contributed by atoms with van der Waals surface area (Å²) in [6.45, 7) is 1.75. The number of ether oxygens (including phenoxy) is 1. The molecule has 0 unspecified atom stereocenters. The van der Waals surface area contributed by atoms with Crippen molar-refractivity contribution < 1.29 is 23.5 Å². The summed E-state index contributed by atoms with van der Waals surface area (Å²) in [6, 6.07) is 10.7. The van der Waals surface area contributed by atoms with Gasteiger partial charge in [0.1, 0.15) is 17.2 Å². The maximum atomic E-state index is 13.6. The number of carbonyl (C=O) groups is 3. The van der Waals surface area contributed by atoms with E-state index in [2.05, 4.69) is 41.2 Å². The second-order valence-corrected chi connectivity index (χ2v) is 8.93. The van der Waals surface area contributed by atoms with Crippen LogP contribution in [0.15, 0.2) is 42.5 Å². The molecule has 2 aromatic carbocycles. The SMILES string of the molecule is COC(=O)c1ccc2c(c1)CC[C@@H]2NC(=O)c1cc(C(=O)NCc2ccc(F)c(C)c2)nc(-c2nn[nH]n2)n1. The van der Waals surface area contributed by atoms with E-state index >= 15 is 0 Å². The number of aryl methyl sites for hydroxylation is 2. The first-order chi connectivity index (χ1) is 18.8. The molecule has 2 aromatic heterocycles. The maximum absolute atomic E-state index is 13.6. The minimum atomic E-state index is -0.570. The van der Waals surface area contributed by atoms with Crippen LogP contribution in [0.25, 0.3) is 11.6 Å². The standard InChI is InChI=1S/C26H23FN8O4/c1-13-9-14(3-7-18(13)27)12-28-24(36)20-11-21(30-22(29-20)23-32-34-35-33-23)25(37)31-19-8-5-15-10-16(26(38)39-2)4-6-17(15)19/h3-4,6-7,9-11,19H,5,8,12H2,1-2H3,(H,28,36)(H,31,37)(H,32,33,34,35)/t19-/m0/s1. The summed E-state index contributed by atoms with van der Waals surface area (Å²) in [7, 11) is 1.32. The second kappa shape index (κ2) is 10.7. The van der Waals surface area contributed by atoms with Crippen LogP contribution < -0.4 is 10.6 Å². The van der Waals surface area contributed by atoms with Crippen LogP contribution in [0, 0.1) is 12.7 Å². The molecule has 5 rings (SSSR count). The molecule has 3 N–H and O–H groups in total. The van der Waals surface area contributed by atoms with E-state index in [0.29, 0.717) is 29.5 Å².